The second kappa shape index (κ2) is 7.57. The lowest BCUT2D eigenvalue weighted by Gasteiger charge is -2.27. The molecule has 2 amide bonds. The summed E-state index contributed by atoms with van der Waals surface area (Å²) in [6.07, 6.45) is 0. The van der Waals surface area contributed by atoms with Crippen LogP contribution in [0.15, 0.2) is 29.2 Å². The van der Waals surface area contributed by atoms with Crippen molar-refractivity contribution in [1.82, 2.24) is 10.2 Å². The number of amides is 2. The first kappa shape index (κ1) is 18.4. The normalized spacial score (nSPS) is 14.2. The van der Waals surface area contributed by atoms with Crippen molar-refractivity contribution < 1.29 is 17.9 Å². The highest BCUT2D eigenvalue weighted by atomic mass is 32.2. The fourth-order valence-corrected chi connectivity index (χ4v) is 2.46. The Balaban J connectivity index is 2.78. The summed E-state index contributed by atoms with van der Waals surface area (Å²) in [5.74, 6) is 0. The minimum atomic E-state index is -3.71. The number of benzene rings is 1. The maximum atomic E-state index is 12.1. The monoisotopic (exact) mass is 329 g/mol. The van der Waals surface area contributed by atoms with Crippen LogP contribution in [-0.4, -0.2) is 46.2 Å². The molecular weight excluding hydrogens is 306 g/mol. The fraction of sp³-hybridized carbons (Fsp3) is 0.500. The van der Waals surface area contributed by atoms with Crippen molar-refractivity contribution in [1.29, 1.82) is 0 Å². The Bertz CT molecular complexity index is 601. The van der Waals surface area contributed by atoms with Gasteiger partial charge in [0.25, 0.3) is 0 Å². The number of urea groups is 1. The van der Waals surface area contributed by atoms with Gasteiger partial charge in [-0.15, -0.1) is 0 Å². The smallest absolute Gasteiger partial charge is 0.317 e. The summed E-state index contributed by atoms with van der Waals surface area (Å²) < 4.78 is 27.4. The van der Waals surface area contributed by atoms with Crippen molar-refractivity contribution in [3.8, 4) is 0 Å². The van der Waals surface area contributed by atoms with E-state index in [-0.39, 0.29) is 23.0 Å². The van der Waals surface area contributed by atoms with E-state index in [1.165, 1.54) is 17.0 Å². The van der Waals surface area contributed by atoms with E-state index >= 15 is 0 Å². The number of hydrogen-bond donors (Lipinski definition) is 2. The fourth-order valence-electron chi connectivity index (χ4n) is 1.94. The third-order valence-electron chi connectivity index (χ3n) is 3.38. The van der Waals surface area contributed by atoms with Gasteiger partial charge in [0.05, 0.1) is 23.6 Å². The van der Waals surface area contributed by atoms with Crippen molar-refractivity contribution in [3.05, 3.63) is 29.8 Å². The molecule has 0 spiro atoms. The minimum absolute atomic E-state index is 0.0456. The first-order valence-corrected chi connectivity index (χ1v) is 8.36. The maximum absolute atomic E-state index is 12.1. The number of nitrogens with zero attached hydrogens (tertiary/aromatic N) is 1. The van der Waals surface area contributed by atoms with Crippen molar-refractivity contribution in [2.75, 3.05) is 20.8 Å². The average molecular weight is 329 g/mol. The van der Waals surface area contributed by atoms with E-state index in [2.05, 4.69) is 5.32 Å². The second-order valence-corrected chi connectivity index (χ2v) is 6.77. The van der Waals surface area contributed by atoms with Gasteiger partial charge >= 0.3 is 6.03 Å². The first-order chi connectivity index (χ1) is 10.2. The predicted molar refractivity (Wildman–Crippen MR) is 83.9 cm³/mol. The van der Waals surface area contributed by atoms with Gasteiger partial charge in [0, 0.05) is 14.2 Å². The number of methoxy groups -OCH3 is 1. The molecule has 0 saturated heterocycles. The lowest BCUT2D eigenvalue weighted by Crippen LogP contribution is -2.44. The quantitative estimate of drug-likeness (QED) is 0.815. The maximum Gasteiger partial charge on any atom is 0.317 e. The number of carbonyl (C=O) groups excluding carboxylic acids is 1. The minimum Gasteiger partial charge on any atom is -0.383 e. The molecule has 22 heavy (non-hydrogen) atoms. The Morgan fingerprint density at radius 2 is 1.86 bits per heavy atom. The molecule has 3 N–H and O–H groups in total. The number of nitrogens with two attached hydrogens (primary N) is 1. The molecule has 1 rings (SSSR count). The van der Waals surface area contributed by atoms with Crippen LogP contribution >= 0.6 is 0 Å². The van der Waals surface area contributed by atoms with Gasteiger partial charge in [-0.05, 0) is 31.5 Å². The largest absolute Gasteiger partial charge is 0.383 e. The third kappa shape index (κ3) is 4.97. The third-order valence-corrected chi connectivity index (χ3v) is 4.31. The van der Waals surface area contributed by atoms with Crippen LogP contribution in [0.2, 0.25) is 0 Å². The molecule has 0 radical (unpaired) electrons. The number of carbonyl (C=O) groups is 1. The van der Waals surface area contributed by atoms with E-state index in [0.717, 1.165) is 5.56 Å². The molecular formula is C14H23N3O4S. The zero-order valence-electron chi connectivity index (χ0n) is 13.2. The molecule has 0 saturated carbocycles. The summed E-state index contributed by atoms with van der Waals surface area (Å²) in [7, 11) is -0.466. The Morgan fingerprint density at radius 3 is 2.32 bits per heavy atom. The molecule has 124 valence electrons. The molecule has 1 aromatic carbocycles. The standard InChI is InChI=1S/C14H23N3O4S/c1-10(9-21-4)16-14(18)17(3)11(2)12-5-7-13(8-6-12)22(15,19)20/h5-8,10-11H,9H2,1-4H3,(H,16,18)(H2,15,19,20)/t10-,11+/m1/s1. The lowest BCUT2D eigenvalue weighted by atomic mass is 10.1. The highest BCUT2D eigenvalue weighted by Crippen LogP contribution is 2.20. The SMILES string of the molecule is COC[C@@H](C)NC(=O)N(C)[C@@H](C)c1ccc(S(N)(=O)=O)cc1. The van der Waals surface area contributed by atoms with Gasteiger partial charge in [-0.25, -0.2) is 18.4 Å². The van der Waals surface area contributed by atoms with Crippen LogP contribution in [-0.2, 0) is 14.8 Å². The summed E-state index contributed by atoms with van der Waals surface area (Å²) in [6, 6.07) is 5.61. The Labute approximate surface area is 131 Å². The second-order valence-electron chi connectivity index (χ2n) is 5.21. The Morgan fingerprint density at radius 1 is 1.32 bits per heavy atom. The summed E-state index contributed by atoms with van der Waals surface area (Å²) in [6.45, 7) is 4.13. The molecule has 0 heterocycles. The number of ether oxygens (including phenoxy) is 1. The molecule has 0 aliphatic heterocycles. The predicted octanol–water partition coefficient (Wildman–Crippen LogP) is 1.07. The van der Waals surface area contributed by atoms with E-state index < -0.39 is 10.0 Å². The average Bonchev–Trinajstić information content (AvgIpc) is 2.45. The van der Waals surface area contributed by atoms with Crippen LogP contribution < -0.4 is 10.5 Å². The van der Waals surface area contributed by atoms with Crippen molar-refractivity contribution in [3.63, 3.8) is 0 Å². The van der Waals surface area contributed by atoms with Gasteiger partial charge in [0.2, 0.25) is 10.0 Å². The topological polar surface area (TPSA) is 102 Å². The van der Waals surface area contributed by atoms with Crippen molar-refractivity contribution in [2.24, 2.45) is 5.14 Å². The van der Waals surface area contributed by atoms with E-state index in [1.807, 2.05) is 13.8 Å². The van der Waals surface area contributed by atoms with Crippen LogP contribution in [0.25, 0.3) is 0 Å². The number of hydrogen-bond acceptors (Lipinski definition) is 4. The molecule has 0 aliphatic rings. The molecule has 0 bridgehead atoms. The summed E-state index contributed by atoms with van der Waals surface area (Å²) >= 11 is 0. The van der Waals surface area contributed by atoms with Gasteiger partial charge in [-0.1, -0.05) is 12.1 Å². The summed E-state index contributed by atoms with van der Waals surface area (Å²) in [5, 5.41) is 7.87. The summed E-state index contributed by atoms with van der Waals surface area (Å²) in [4.78, 5) is 13.7. The Hall–Kier alpha value is -1.64. The van der Waals surface area contributed by atoms with Crippen LogP contribution in [0, 0.1) is 0 Å². The highest BCUT2D eigenvalue weighted by molar-refractivity contribution is 7.89. The Kier molecular flexibility index (Phi) is 6.34. The van der Waals surface area contributed by atoms with Crippen LogP contribution in [0.1, 0.15) is 25.5 Å². The van der Waals surface area contributed by atoms with Crippen LogP contribution in [0.3, 0.4) is 0 Å². The van der Waals surface area contributed by atoms with Crippen LogP contribution in [0.4, 0.5) is 4.79 Å². The molecule has 1 aromatic rings. The van der Waals surface area contributed by atoms with Crippen LogP contribution in [0.5, 0.6) is 0 Å². The molecule has 0 unspecified atom stereocenters. The molecule has 0 fully saturated rings. The van der Waals surface area contributed by atoms with Gasteiger partial charge in [-0.2, -0.15) is 0 Å². The lowest BCUT2D eigenvalue weighted by molar-refractivity contribution is 0.158. The van der Waals surface area contributed by atoms with E-state index in [0.29, 0.717) is 6.61 Å². The van der Waals surface area contributed by atoms with Crippen molar-refractivity contribution in [2.45, 2.75) is 30.8 Å². The van der Waals surface area contributed by atoms with Crippen molar-refractivity contribution >= 4 is 16.1 Å². The molecule has 0 aliphatic carbocycles. The van der Waals surface area contributed by atoms with Gasteiger partial charge in [0.1, 0.15) is 0 Å². The molecule has 0 aromatic heterocycles. The molecule has 7 nitrogen and oxygen atoms in total. The zero-order chi connectivity index (χ0) is 16.9. The highest BCUT2D eigenvalue weighted by Gasteiger charge is 2.19. The zero-order valence-corrected chi connectivity index (χ0v) is 14.1. The van der Waals surface area contributed by atoms with E-state index in [1.54, 1.807) is 26.3 Å². The van der Waals surface area contributed by atoms with Gasteiger partial charge in [0.15, 0.2) is 0 Å². The number of sulfonamides is 1. The first-order valence-electron chi connectivity index (χ1n) is 6.81. The van der Waals surface area contributed by atoms with E-state index in [9.17, 15) is 13.2 Å². The van der Waals surface area contributed by atoms with E-state index in [4.69, 9.17) is 9.88 Å². The number of nitrogens with one attached hydrogen (secondary N) is 1. The summed E-state index contributed by atoms with van der Waals surface area (Å²) in [5.41, 5.74) is 0.810. The number of rotatable bonds is 6. The molecule has 2 atom stereocenters. The van der Waals surface area contributed by atoms with Gasteiger partial charge in [-0.3, -0.25) is 0 Å². The van der Waals surface area contributed by atoms with Gasteiger partial charge < -0.3 is 15.0 Å². The molecule has 8 heteroatoms. The number of primary sulfonamides is 1.